The number of anilines is 1. The number of carbonyl (C=O) groups excluding carboxylic acids is 2. The summed E-state index contributed by atoms with van der Waals surface area (Å²) in [5, 5.41) is 12.5. The average Bonchev–Trinajstić information content (AvgIpc) is 2.61. The van der Waals surface area contributed by atoms with Gasteiger partial charge in [-0.2, -0.15) is 0 Å². The first-order chi connectivity index (χ1) is 12.0. The molecule has 0 radical (unpaired) electrons. The number of aromatic hydroxyl groups is 1. The monoisotopic (exact) mass is 343 g/mol. The smallest absolute Gasteiger partial charge is 0.337 e. The molecule has 1 amide bonds. The molecular weight excluding hydrogens is 322 g/mol. The molecule has 2 N–H and O–H groups in total. The average molecular weight is 343 g/mol. The van der Waals surface area contributed by atoms with E-state index in [0.29, 0.717) is 13.0 Å². The lowest BCUT2D eigenvalue weighted by atomic mass is 10.2. The van der Waals surface area contributed by atoms with Crippen molar-refractivity contribution in [2.45, 2.75) is 19.8 Å². The van der Waals surface area contributed by atoms with Crippen LogP contribution in [-0.4, -0.2) is 30.7 Å². The van der Waals surface area contributed by atoms with Gasteiger partial charge < -0.3 is 19.9 Å². The Bertz CT molecular complexity index is 757. The predicted molar refractivity (Wildman–Crippen MR) is 94.0 cm³/mol. The van der Waals surface area contributed by atoms with Crippen molar-refractivity contribution in [1.29, 1.82) is 0 Å². The number of phenolic OH excluding ortho intramolecular Hbond substituents is 1. The van der Waals surface area contributed by atoms with Gasteiger partial charge in [-0.15, -0.1) is 0 Å². The Morgan fingerprint density at radius 1 is 1.16 bits per heavy atom. The van der Waals surface area contributed by atoms with Crippen LogP contribution in [0.25, 0.3) is 0 Å². The van der Waals surface area contributed by atoms with Gasteiger partial charge in [-0.05, 0) is 43.2 Å². The Labute approximate surface area is 146 Å². The molecule has 2 rings (SSSR count). The van der Waals surface area contributed by atoms with E-state index in [1.54, 1.807) is 0 Å². The van der Waals surface area contributed by atoms with Crippen LogP contribution in [0.2, 0.25) is 0 Å². The molecule has 0 atom stereocenters. The fraction of sp³-hybridized carbons (Fsp3) is 0.263. The Morgan fingerprint density at radius 2 is 1.92 bits per heavy atom. The number of phenols is 1. The number of esters is 1. The van der Waals surface area contributed by atoms with Crippen LogP contribution in [0.15, 0.2) is 42.5 Å². The molecule has 2 aromatic carbocycles. The number of para-hydroxylation sites is 1. The van der Waals surface area contributed by atoms with Crippen molar-refractivity contribution in [2.24, 2.45) is 0 Å². The van der Waals surface area contributed by atoms with Gasteiger partial charge in [0.2, 0.25) is 5.91 Å². The maximum Gasteiger partial charge on any atom is 0.337 e. The summed E-state index contributed by atoms with van der Waals surface area (Å²) < 4.78 is 10.2. The Morgan fingerprint density at radius 3 is 2.60 bits per heavy atom. The van der Waals surface area contributed by atoms with Gasteiger partial charge >= 0.3 is 5.97 Å². The van der Waals surface area contributed by atoms with E-state index in [0.717, 1.165) is 11.3 Å². The van der Waals surface area contributed by atoms with E-state index in [-0.39, 0.29) is 29.3 Å². The molecule has 2 aromatic rings. The Balaban J connectivity index is 1.80. The number of carbonyl (C=O) groups is 2. The highest BCUT2D eigenvalue weighted by Crippen LogP contribution is 2.25. The zero-order chi connectivity index (χ0) is 18.2. The van der Waals surface area contributed by atoms with Crippen LogP contribution < -0.4 is 10.1 Å². The second-order valence-electron chi connectivity index (χ2n) is 5.49. The molecule has 25 heavy (non-hydrogen) atoms. The van der Waals surface area contributed by atoms with E-state index in [1.165, 1.54) is 25.3 Å². The molecule has 6 nitrogen and oxygen atoms in total. The minimum Gasteiger partial charge on any atom is -0.506 e. The SMILES string of the molecule is COC(=O)c1ccc(NC(=O)CCCOc2ccccc2C)c(O)c1. The third-order valence-corrected chi connectivity index (χ3v) is 3.59. The third kappa shape index (κ3) is 5.24. The predicted octanol–water partition coefficient (Wildman–Crippen LogP) is 3.28. The Kier molecular flexibility index (Phi) is 6.39. The van der Waals surface area contributed by atoms with Gasteiger partial charge in [0.1, 0.15) is 11.5 Å². The van der Waals surface area contributed by atoms with E-state index >= 15 is 0 Å². The van der Waals surface area contributed by atoms with Crippen molar-refractivity contribution in [3.05, 3.63) is 53.6 Å². The van der Waals surface area contributed by atoms with Gasteiger partial charge in [0.15, 0.2) is 0 Å². The van der Waals surface area contributed by atoms with Gasteiger partial charge in [0.05, 0.1) is 25.0 Å². The van der Waals surface area contributed by atoms with Crippen LogP contribution in [0, 0.1) is 6.92 Å². The van der Waals surface area contributed by atoms with E-state index in [4.69, 9.17) is 4.74 Å². The summed E-state index contributed by atoms with van der Waals surface area (Å²) in [6.45, 7) is 2.38. The normalized spacial score (nSPS) is 10.2. The second-order valence-corrected chi connectivity index (χ2v) is 5.49. The van der Waals surface area contributed by atoms with Crippen molar-refractivity contribution in [1.82, 2.24) is 0 Å². The summed E-state index contributed by atoms with van der Waals surface area (Å²) in [6, 6.07) is 11.9. The number of methoxy groups -OCH3 is 1. The fourth-order valence-corrected chi connectivity index (χ4v) is 2.23. The molecule has 0 saturated carbocycles. The van der Waals surface area contributed by atoms with Gasteiger partial charge in [0.25, 0.3) is 0 Å². The van der Waals surface area contributed by atoms with Crippen molar-refractivity contribution in [2.75, 3.05) is 19.0 Å². The quantitative estimate of drug-likeness (QED) is 0.458. The van der Waals surface area contributed by atoms with Crippen molar-refractivity contribution in [3.63, 3.8) is 0 Å². The Hall–Kier alpha value is -3.02. The van der Waals surface area contributed by atoms with Gasteiger partial charge in [-0.3, -0.25) is 4.79 Å². The molecule has 0 spiro atoms. The fourth-order valence-electron chi connectivity index (χ4n) is 2.23. The first-order valence-corrected chi connectivity index (χ1v) is 7.91. The third-order valence-electron chi connectivity index (χ3n) is 3.59. The first-order valence-electron chi connectivity index (χ1n) is 7.91. The molecular formula is C19H21NO5. The standard InChI is InChI=1S/C19H21NO5/c1-13-6-3-4-7-17(13)25-11-5-8-18(22)20-15-10-9-14(12-16(15)21)19(23)24-2/h3-4,6-7,9-10,12,21H,5,8,11H2,1-2H3,(H,20,22). The number of rotatable bonds is 7. The lowest BCUT2D eigenvalue weighted by molar-refractivity contribution is -0.116. The van der Waals surface area contributed by atoms with Crippen LogP contribution in [0.4, 0.5) is 5.69 Å². The van der Waals surface area contributed by atoms with Gasteiger partial charge in [-0.1, -0.05) is 18.2 Å². The maximum absolute atomic E-state index is 11.9. The summed E-state index contributed by atoms with van der Waals surface area (Å²) in [7, 11) is 1.26. The molecule has 132 valence electrons. The van der Waals surface area contributed by atoms with E-state index < -0.39 is 5.97 Å². The molecule has 0 aliphatic carbocycles. The highest BCUT2D eigenvalue weighted by atomic mass is 16.5. The largest absolute Gasteiger partial charge is 0.506 e. The highest BCUT2D eigenvalue weighted by molar-refractivity contribution is 5.94. The molecule has 6 heteroatoms. The molecule has 0 unspecified atom stereocenters. The molecule has 0 aromatic heterocycles. The molecule has 0 bridgehead atoms. The summed E-state index contributed by atoms with van der Waals surface area (Å²) in [4.78, 5) is 23.3. The summed E-state index contributed by atoms with van der Waals surface area (Å²) in [5.41, 5.74) is 1.50. The zero-order valence-electron chi connectivity index (χ0n) is 14.2. The number of benzene rings is 2. The molecule has 0 aliphatic rings. The number of aryl methyl sites for hydroxylation is 1. The number of ether oxygens (including phenoxy) is 2. The molecule has 0 aliphatic heterocycles. The summed E-state index contributed by atoms with van der Waals surface area (Å²) >= 11 is 0. The van der Waals surface area contributed by atoms with Crippen LogP contribution in [-0.2, 0) is 9.53 Å². The minimum atomic E-state index is -0.554. The number of hydrogen-bond donors (Lipinski definition) is 2. The lowest BCUT2D eigenvalue weighted by Gasteiger charge is -2.10. The number of amides is 1. The molecule has 0 saturated heterocycles. The van der Waals surface area contributed by atoms with Crippen molar-refractivity contribution < 1.29 is 24.2 Å². The molecule has 0 fully saturated rings. The van der Waals surface area contributed by atoms with Crippen LogP contribution >= 0.6 is 0 Å². The number of nitrogens with one attached hydrogen (secondary N) is 1. The van der Waals surface area contributed by atoms with Gasteiger partial charge in [-0.25, -0.2) is 4.79 Å². The molecule has 0 heterocycles. The van der Waals surface area contributed by atoms with Crippen molar-refractivity contribution in [3.8, 4) is 11.5 Å². The lowest BCUT2D eigenvalue weighted by Crippen LogP contribution is -2.13. The number of hydrogen-bond acceptors (Lipinski definition) is 5. The van der Waals surface area contributed by atoms with E-state index in [9.17, 15) is 14.7 Å². The summed E-state index contributed by atoms with van der Waals surface area (Å²) in [5.74, 6) is -0.178. The zero-order valence-corrected chi connectivity index (χ0v) is 14.2. The van der Waals surface area contributed by atoms with E-state index in [1.807, 2.05) is 31.2 Å². The highest BCUT2D eigenvalue weighted by Gasteiger charge is 2.11. The maximum atomic E-state index is 11.9. The van der Waals surface area contributed by atoms with E-state index in [2.05, 4.69) is 10.1 Å². The first kappa shape index (κ1) is 18.3. The van der Waals surface area contributed by atoms with Crippen LogP contribution in [0.5, 0.6) is 11.5 Å². The van der Waals surface area contributed by atoms with Crippen molar-refractivity contribution >= 4 is 17.6 Å². The topological polar surface area (TPSA) is 84.9 Å². The summed E-state index contributed by atoms with van der Waals surface area (Å²) in [6.07, 6.45) is 0.797. The van der Waals surface area contributed by atoms with Crippen LogP contribution in [0.3, 0.4) is 0 Å². The second kappa shape index (κ2) is 8.73. The van der Waals surface area contributed by atoms with Crippen LogP contribution in [0.1, 0.15) is 28.8 Å². The van der Waals surface area contributed by atoms with Gasteiger partial charge in [0, 0.05) is 6.42 Å². The minimum absolute atomic E-state index is 0.188.